The Labute approximate surface area is 138 Å². The molecular formula is C19H26N2O2. The van der Waals surface area contributed by atoms with Gasteiger partial charge in [-0.25, -0.2) is 0 Å². The fourth-order valence-corrected chi connectivity index (χ4v) is 3.49. The minimum Gasteiger partial charge on any atom is -0.491 e. The van der Waals surface area contributed by atoms with Crippen LogP contribution in [0.5, 0.6) is 5.75 Å². The minimum absolute atomic E-state index is 0.211. The van der Waals surface area contributed by atoms with Gasteiger partial charge in [-0.2, -0.15) is 0 Å². The lowest BCUT2D eigenvalue weighted by Gasteiger charge is -2.24. The lowest BCUT2D eigenvalue weighted by atomic mass is 10.0. The highest BCUT2D eigenvalue weighted by molar-refractivity contribution is 5.29. The van der Waals surface area contributed by atoms with Crippen molar-refractivity contribution in [3.8, 4) is 5.75 Å². The number of aryl methyl sites for hydroxylation is 2. The van der Waals surface area contributed by atoms with Crippen molar-refractivity contribution >= 4 is 0 Å². The first-order valence-electron chi connectivity index (χ1n) is 8.47. The van der Waals surface area contributed by atoms with Gasteiger partial charge in [0.2, 0.25) is 0 Å². The standard InChI is InChI=1S/C19H26N2O2/c1-13(2)22-17-9-7-16(8-10-17)12-21-11-5-6-18(21)19-14(3)20-23-15(19)4/h7-10,13,18H,5-6,11-12H2,1-4H3/t18-/m0/s1. The van der Waals surface area contributed by atoms with Gasteiger partial charge in [-0.3, -0.25) is 4.90 Å². The fourth-order valence-electron chi connectivity index (χ4n) is 3.49. The molecule has 0 bridgehead atoms. The Balaban J connectivity index is 1.72. The molecule has 0 saturated carbocycles. The zero-order valence-electron chi connectivity index (χ0n) is 14.5. The molecule has 0 N–H and O–H groups in total. The van der Waals surface area contributed by atoms with Crippen molar-refractivity contribution in [3.63, 3.8) is 0 Å². The Morgan fingerprint density at radius 3 is 2.61 bits per heavy atom. The zero-order chi connectivity index (χ0) is 16.4. The summed E-state index contributed by atoms with van der Waals surface area (Å²) in [5, 5.41) is 4.12. The Bertz CT molecular complexity index is 626. The number of rotatable bonds is 5. The average molecular weight is 314 g/mol. The molecule has 23 heavy (non-hydrogen) atoms. The van der Waals surface area contributed by atoms with Gasteiger partial charge in [0.25, 0.3) is 0 Å². The predicted molar refractivity (Wildman–Crippen MR) is 90.6 cm³/mol. The summed E-state index contributed by atoms with van der Waals surface area (Å²) in [4.78, 5) is 2.53. The van der Waals surface area contributed by atoms with Crippen LogP contribution in [-0.4, -0.2) is 22.7 Å². The van der Waals surface area contributed by atoms with E-state index in [-0.39, 0.29) is 6.10 Å². The summed E-state index contributed by atoms with van der Waals surface area (Å²) >= 11 is 0. The molecule has 4 nitrogen and oxygen atoms in total. The molecule has 0 spiro atoms. The first kappa shape index (κ1) is 16.1. The Morgan fingerprint density at radius 2 is 2.00 bits per heavy atom. The highest BCUT2D eigenvalue weighted by Crippen LogP contribution is 2.36. The molecule has 1 aliphatic rings. The molecule has 1 aromatic carbocycles. The van der Waals surface area contributed by atoms with E-state index in [1.165, 1.54) is 24.0 Å². The predicted octanol–water partition coefficient (Wildman–Crippen LogP) is 4.42. The average Bonchev–Trinajstić information content (AvgIpc) is 3.07. The van der Waals surface area contributed by atoms with Crippen LogP contribution in [0.2, 0.25) is 0 Å². The number of ether oxygens (including phenoxy) is 1. The van der Waals surface area contributed by atoms with Crippen LogP contribution < -0.4 is 4.74 Å². The van der Waals surface area contributed by atoms with E-state index in [1.807, 2.05) is 27.7 Å². The molecule has 1 aliphatic heterocycles. The Kier molecular flexibility index (Phi) is 4.71. The van der Waals surface area contributed by atoms with E-state index in [1.54, 1.807) is 0 Å². The summed E-state index contributed by atoms with van der Waals surface area (Å²) in [6.45, 7) is 10.2. The lowest BCUT2D eigenvalue weighted by molar-refractivity contribution is 0.240. The van der Waals surface area contributed by atoms with Crippen molar-refractivity contribution in [1.29, 1.82) is 0 Å². The molecule has 4 heteroatoms. The van der Waals surface area contributed by atoms with Crippen molar-refractivity contribution in [2.45, 2.75) is 59.2 Å². The summed E-state index contributed by atoms with van der Waals surface area (Å²) in [6.07, 6.45) is 2.61. The topological polar surface area (TPSA) is 38.5 Å². The van der Waals surface area contributed by atoms with Crippen molar-refractivity contribution < 1.29 is 9.26 Å². The van der Waals surface area contributed by atoms with Crippen molar-refractivity contribution in [2.75, 3.05) is 6.54 Å². The number of likely N-dealkylation sites (tertiary alicyclic amines) is 1. The molecular weight excluding hydrogens is 288 g/mol. The smallest absolute Gasteiger partial charge is 0.138 e. The molecule has 1 saturated heterocycles. The van der Waals surface area contributed by atoms with Gasteiger partial charge < -0.3 is 9.26 Å². The second-order valence-corrected chi connectivity index (χ2v) is 6.68. The maximum Gasteiger partial charge on any atom is 0.138 e. The molecule has 1 aromatic heterocycles. The van der Waals surface area contributed by atoms with Crippen molar-refractivity contribution in [2.24, 2.45) is 0 Å². The van der Waals surface area contributed by atoms with E-state index in [0.29, 0.717) is 6.04 Å². The third-order valence-corrected chi connectivity index (χ3v) is 4.47. The normalized spacial score (nSPS) is 18.7. The molecule has 0 aliphatic carbocycles. The third-order valence-electron chi connectivity index (χ3n) is 4.47. The Morgan fingerprint density at radius 1 is 1.26 bits per heavy atom. The highest BCUT2D eigenvalue weighted by Gasteiger charge is 2.30. The van der Waals surface area contributed by atoms with Crippen molar-refractivity contribution in [3.05, 3.63) is 46.8 Å². The van der Waals surface area contributed by atoms with Crippen LogP contribution in [0, 0.1) is 13.8 Å². The Hall–Kier alpha value is -1.81. The molecule has 1 fully saturated rings. The van der Waals surface area contributed by atoms with Crippen LogP contribution in [0.4, 0.5) is 0 Å². The maximum absolute atomic E-state index is 5.72. The van der Waals surface area contributed by atoms with Crippen LogP contribution >= 0.6 is 0 Å². The molecule has 0 unspecified atom stereocenters. The second kappa shape index (κ2) is 6.75. The summed E-state index contributed by atoms with van der Waals surface area (Å²) in [7, 11) is 0. The minimum atomic E-state index is 0.211. The van der Waals surface area contributed by atoms with E-state index in [2.05, 4.69) is 34.3 Å². The molecule has 0 radical (unpaired) electrons. The second-order valence-electron chi connectivity index (χ2n) is 6.68. The summed E-state index contributed by atoms with van der Waals surface area (Å²) < 4.78 is 11.1. The van der Waals surface area contributed by atoms with Gasteiger partial charge in [-0.1, -0.05) is 17.3 Å². The number of aromatic nitrogens is 1. The van der Waals surface area contributed by atoms with Gasteiger partial charge in [0.1, 0.15) is 11.5 Å². The van der Waals surface area contributed by atoms with Gasteiger partial charge in [0.15, 0.2) is 0 Å². The van der Waals surface area contributed by atoms with Gasteiger partial charge in [-0.15, -0.1) is 0 Å². The van der Waals surface area contributed by atoms with E-state index in [0.717, 1.165) is 30.3 Å². The molecule has 3 rings (SSSR count). The first-order valence-corrected chi connectivity index (χ1v) is 8.47. The molecule has 2 aromatic rings. The van der Waals surface area contributed by atoms with E-state index < -0.39 is 0 Å². The van der Waals surface area contributed by atoms with Crippen molar-refractivity contribution in [1.82, 2.24) is 10.1 Å². The van der Waals surface area contributed by atoms with Crippen LogP contribution in [0.1, 0.15) is 55.3 Å². The fraction of sp³-hybridized carbons (Fsp3) is 0.526. The monoisotopic (exact) mass is 314 g/mol. The molecule has 2 heterocycles. The van der Waals surface area contributed by atoms with E-state index >= 15 is 0 Å². The van der Waals surface area contributed by atoms with Gasteiger partial charge >= 0.3 is 0 Å². The van der Waals surface area contributed by atoms with E-state index in [4.69, 9.17) is 9.26 Å². The third kappa shape index (κ3) is 3.58. The van der Waals surface area contributed by atoms with Crippen LogP contribution in [0.15, 0.2) is 28.8 Å². The maximum atomic E-state index is 5.72. The summed E-state index contributed by atoms with van der Waals surface area (Å²) in [5.41, 5.74) is 3.63. The molecule has 0 amide bonds. The first-order chi connectivity index (χ1) is 11.0. The van der Waals surface area contributed by atoms with Crippen LogP contribution in [0.25, 0.3) is 0 Å². The van der Waals surface area contributed by atoms with Crippen LogP contribution in [0.3, 0.4) is 0 Å². The number of nitrogens with zero attached hydrogens (tertiary/aromatic N) is 2. The number of hydrogen-bond acceptors (Lipinski definition) is 4. The largest absolute Gasteiger partial charge is 0.491 e. The summed E-state index contributed by atoms with van der Waals surface area (Å²) in [5.74, 6) is 1.90. The lowest BCUT2D eigenvalue weighted by Crippen LogP contribution is -2.23. The highest BCUT2D eigenvalue weighted by atomic mass is 16.5. The quantitative estimate of drug-likeness (QED) is 0.819. The number of hydrogen-bond donors (Lipinski definition) is 0. The van der Waals surface area contributed by atoms with Gasteiger partial charge in [0.05, 0.1) is 11.8 Å². The van der Waals surface area contributed by atoms with Gasteiger partial charge in [0, 0.05) is 18.2 Å². The molecule has 1 atom stereocenters. The summed E-state index contributed by atoms with van der Waals surface area (Å²) in [6, 6.07) is 8.89. The van der Waals surface area contributed by atoms with Crippen LogP contribution in [-0.2, 0) is 6.54 Å². The van der Waals surface area contributed by atoms with E-state index in [9.17, 15) is 0 Å². The zero-order valence-corrected chi connectivity index (χ0v) is 14.5. The number of benzene rings is 1. The van der Waals surface area contributed by atoms with Gasteiger partial charge in [-0.05, 0) is 64.8 Å². The molecule has 124 valence electrons. The SMILES string of the molecule is Cc1noc(C)c1[C@@H]1CCCN1Cc1ccc(OC(C)C)cc1.